The van der Waals surface area contributed by atoms with Crippen LogP contribution in [-0.4, -0.2) is 12.6 Å². The van der Waals surface area contributed by atoms with E-state index in [9.17, 15) is 0 Å². The lowest BCUT2D eigenvalue weighted by Crippen LogP contribution is -2.25. The molecule has 2 nitrogen and oxygen atoms in total. The maximum atomic E-state index is 6.23. The third-order valence-electron chi connectivity index (χ3n) is 3.79. The second-order valence-electron chi connectivity index (χ2n) is 6.78. The molecule has 1 aromatic carbocycles. The van der Waals surface area contributed by atoms with Gasteiger partial charge in [0.1, 0.15) is 5.75 Å². The molecule has 0 aliphatic heterocycles. The van der Waals surface area contributed by atoms with Gasteiger partial charge in [-0.15, -0.1) is 0 Å². The quantitative estimate of drug-likeness (QED) is 0.889. The predicted molar refractivity (Wildman–Crippen MR) is 76.3 cm³/mol. The molecule has 18 heavy (non-hydrogen) atoms. The average molecular weight is 247 g/mol. The molecule has 0 unspecified atom stereocenters. The van der Waals surface area contributed by atoms with Gasteiger partial charge in [0.05, 0.1) is 7.11 Å². The van der Waals surface area contributed by atoms with Crippen molar-refractivity contribution in [1.82, 2.24) is 0 Å². The zero-order chi connectivity index (χ0) is 13.6. The van der Waals surface area contributed by atoms with Crippen LogP contribution in [0.3, 0.4) is 0 Å². The lowest BCUT2D eigenvalue weighted by molar-refractivity contribution is 0.394. The number of nitrogens with two attached hydrogens (primary N) is 1. The van der Waals surface area contributed by atoms with E-state index < -0.39 is 0 Å². The maximum Gasteiger partial charge on any atom is 0.125 e. The molecule has 1 fully saturated rings. The molecule has 0 amide bonds. The van der Waals surface area contributed by atoms with Gasteiger partial charge in [-0.25, -0.2) is 0 Å². The van der Waals surface area contributed by atoms with Crippen molar-refractivity contribution >= 4 is 0 Å². The van der Waals surface area contributed by atoms with Crippen molar-refractivity contribution in [3.05, 3.63) is 28.8 Å². The number of ether oxygens (including phenoxy) is 1. The molecule has 0 spiro atoms. The molecule has 0 heterocycles. The monoisotopic (exact) mass is 247 g/mol. The van der Waals surface area contributed by atoms with E-state index in [4.69, 9.17) is 10.5 Å². The second-order valence-corrected chi connectivity index (χ2v) is 6.78. The summed E-state index contributed by atoms with van der Waals surface area (Å²) in [5.41, 5.74) is 10.2. The molecule has 0 bridgehead atoms. The minimum absolute atomic E-state index is 0.0657. The fourth-order valence-corrected chi connectivity index (χ4v) is 2.52. The number of rotatable bonds is 3. The highest BCUT2D eigenvalue weighted by Crippen LogP contribution is 2.39. The highest BCUT2D eigenvalue weighted by Gasteiger charge is 2.38. The predicted octanol–water partition coefficient (Wildman–Crippen LogP) is 3.33. The summed E-state index contributed by atoms with van der Waals surface area (Å²) >= 11 is 0. The van der Waals surface area contributed by atoms with Crippen LogP contribution >= 0.6 is 0 Å². The summed E-state index contributed by atoms with van der Waals surface area (Å²) in [7, 11) is 1.75. The molecular formula is C16H25NO. The molecule has 2 rings (SSSR count). The first-order valence-corrected chi connectivity index (χ1v) is 6.72. The van der Waals surface area contributed by atoms with Crippen LogP contribution in [0.15, 0.2) is 12.1 Å². The molecule has 0 aromatic heterocycles. The van der Waals surface area contributed by atoms with E-state index in [2.05, 4.69) is 39.8 Å². The standard InChI is InChI=1S/C16H25NO/c1-11-8-12(10-16(17)6-7-16)9-13(14(11)18-5)15(2,3)4/h8-9H,6-7,10,17H2,1-5H3. The zero-order valence-electron chi connectivity index (χ0n) is 12.3. The third-order valence-corrected chi connectivity index (χ3v) is 3.79. The Balaban J connectivity index is 2.42. The smallest absolute Gasteiger partial charge is 0.125 e. The summed E-state index contributed by atoms with van der Waals surface area (Å²) in [6.45, 7) is 8.80. The highest BCUT2D eigenvalue weighted by atomic mass is 16.5. The summed E-state index contributed by atoms with van der Waals surface area (Å²) in [4.78, 5) is 0. The van der Waals surface area contributed by atoms with Crippen LogP contribution in [0.25, 0.3) is 0 Å². The number of benzene rings is 1. The molecule has 2 N–H and O–H groups in total. The molecule has 0 saturated heterocycles. The van der Waals surface area contributed by atoms with E-state index in [1.54, 1.807) is 7.11 Å². The molecule has 1 aromatic rings. The normalized spacial score (nSPS) is 17.7. The van der Waals surface area contributed by atoms with E-state index in [0.717, 1.165) is 25.0 Å². The summed E-state index contributed by atoms with van der Waals surface area (Å²) in [5, 5.41) is 0. The van der Waals surface area contributed by atoms with E-state index in [1.165, 1.54) is 16.7 Å². The Morgan fingerprint density at radius 2 is 1.89 bits per heavy atom. The van der Waals surface area contributed by atoms with Crippen LogP contribution in [0.5, 0.6) is 5.75 Å². The minimum atomic E-state index is 0.0657. The Bertz CT molecular complexity index is 453. The largest absolute Gasteiger partial charge is 0.496 e. The molecule has 0 atom stereocenters. The Kier molecular flexibility index (Phi) is 3.18. The summed E-state index contributed by atoms with van der Waals surface area (Å²) < 4.78 is 5.57. The summed E-state index contributed by atoms with van der Waals surface area (Å²) in [6, 6.07) is 4.50. The molecule has 1 aliphatic carbocycles. The lowest BCUT2D eigenvalue weighted by atomic mass is 9.83. The van der Waals surface area contributed by atoms with Crippen molar-refractivity contribution in [3.8, 4) is 5.75 Å². The number of hydrogen-bond donors (Lipinski definition) is 1. The molecule has 1 aliphatic rings. The van der Waals surface area contributed by atoms with Crippen molar-refractivity contribution in [2.45, 2.75) is 57.9 Å². The van der Waals surface area contributed by atoms with Crippen molar-refractivity contribution in [3.63, 3.8) is 0 Å². The van der Waals surface area contributed by atoms with Gasteiger partial charge in [-0.2, -0.15) is 0 Å². The van der Waals surface area contributed by atoms with Gasteiger partial charge in [0.2, 0.25) is 0 Å². The Labute approximate surface area is 111 Å². The van der Waals surface area contributed by atoms with Crippen LogP contribution < -0.4 is 10.5 Å². The molecular weight excluding hydrogens is 222 g/mol. The van der Waals surface area contributed by atoms with Gasteiger partial charge in [0.15, 0.2) is 0 Å². The van der Waals surface area contributed by atoms with Crippen molar-refractivity contribution in [2.75, 3.05) is 7.11 Å². The van der Waals surface area contributed by atoms with Crippen LogP contribution in [0.1, 0.15) is 50.3 Å². The molecule has 100 valence electrons. The lowest BCUT2D eigenvalue weighted by Gasteiger charge is -2.25. The van der Waals surface area contributed by atoms with Crippen LogP contribution in [-0.2, 0) is 11.8 Å². The van der Waals surface area contributed by atoms with Crippen LogP contribution in [0.2, 0.25) is 0 Å². The van der Waals surface area contributed by atoms with Gasteiger partial charge in [0.25, 0.3) is 0 Å². The number of aryl methyl sites for hydroxylation is 1. The van der Waals surface area contributed by atoms with Gasteiger partial charge in [-0.3, -0.25) is 0 Å². The fourth-order valence-electron chi connectivity index (χ4n) is 2.52. The van der Waals surface area contributed by atoms with E-state index >= 15 is 0 Å². The van der Waals surface area contributed by atoms with Gasteiger partial charge < -0.3 is 10.5 Å². The summed E-state index contributed by atoms with van der Waals surface area (Å²) in [5.74, 6) is 1.02. The number of hydrogen-bond acceptors (Lipinski definition) is 2. The highest BCUT2D eigenvalue weighted by molar-refractivity contribution is 5.48. The van der Waals surface area contributed by atoms with Crippen molar-refractivity contribution in [1.29, 1.82) is 0 Å². The first-order chi connectivity index (χ1) is 8.25. The van der Waals surface area contributed by atoms with E-state index in [1.807, 2.05) is 0 Å². The third kappa shape index (κ3) is 2.69. The Morgan fingerprint density at radius 1 is 1.28 bits per heavy atom. The van der Waals surface area contributed by atoms with E-state index in [-0.39, 0.29) is 11.0 Å². The van der Waals surface area contributed by atoms with Gasteiger partial charge in [-0.1, -0.05) is 32.9 Å². The zero-order valence-corrected chi connectivity index (χ0v) is 12.3. The van der Waals surface area contributed by atoms with E-state index in [0.29, 0.717) is 0 Å². The summed E-state index contributed by atoms with van der Waals surface area (Å²) in [6.07, 6.45) is 3.30. The minimum Gasteiger partial charge on any atom is -0.496 e. The molecule has 1 saturated carbocycles. The van der Waals surface area contributed by atoms with Gasteiger partial charge in [-0.05, 0) is 42.7 Å². The first-order valence-electron chi connectivity index (χ1n) is 6.72. The van der Waals surface area contributed by atoms with Crippen LogP contribution in [0.4, 0.5) is 0 Å². The van der Waals surface area contributed by atoms with Crippen molar-refractivity contribution < 1.29 is 4.74 Å². The number of methoxy groups -OCH3 is 1. The SMILES string of the molecule is COc1c(C)cc(CC2(N)CC2)cc1C(C)(C)C. The topological polar surface area (TPSA) is 35.2 Å². The Hall–Kier alpha value is -1.02. The van der Waals surface area contributed by atoms with Crippen molar-refractivity contribution in [2.24, 2.45) is 5.73 Å². The fraction of sp³-hybridized carbons (Fsp3) is 0.625. The maximum absolute atomic E-state index is 6.23. The van der Waals surface area contributed by atoms with Gasteiger partial charge >= 0.3 is 0 Å². The first kappa shape index (κ1) is 13.4. The Morgan fingerprint density at radius 3 is 2.33 bits per heavy atom. The molecule has 2 heteroatoms. The average Bonchev–Trinajstić information content (AvgIpc) is 2.94. The second kappa shape index (κ2) is 4.27. The molecule has 0 radical (unpaired) electrons. The van der Waals surface area contributed by atoms with Gasteiger partial charge in [0, 0.05) is 11.1 Å². The van der Waals surface area contributed by atoms with Crippen LogP contribution in [0, 0.1) is 6.92 Å².